The van der Waals surface area contributed by atoms with Crippen LogP contribution >= 0.6 is 0 Å². The van der Waals surface area contributed by atoms with Gasteiger partial charge >= 0.3 is 0 Å². The maximum absolute atomic E-state index is 4.77. The maximum Gasteiger partial charge on any atom is 0.0463 e. The summed E-state index contributed by atoms with van der Waals surface area (Å²) in [4.78, 5) is 4.77. The molecular weight excluding hydrogens is 194 g/mol. The van der Waals surface area contributed by atoms with Gasteiger partial charge in [0.05, 0.1) is 0 Å². The Morgan fingerprint density at radius 3 is 1.69 bits per heavy atom. The van der Waals surface area contributed by atoms with E-state index in [4.69, 9.17) is 4.98 Å². The normalized spacial score (nSPS) is 13.0. The highest BCUT2D eigenvalue weighted by Crippen LogP contribution is 2.31. The van der Waals surface area contributed by atoms with Crippen molar-refractivity contribution in [2.24, 2.45) is 0 Å². The molecule has 0 bridgehead atoms. The Kier molecular flexibility index (Phi) is 3.20. The minimum absolute atomic E-state index is 0.131. The SMILES string of the molecule is Cc1cc(C(C)(C)C)nc(C)c1C(C)(C)C. The average molecular weight is 219 g/mol. The molecule has 0 radical (unpaired) electrons. The van der Waals surface area contributed by atoms with Gasteiger partial charge in [-0.3, -0.25) is 4.98 Å². The van der Waals surface area contributed by atoms with Crippen LogP contribution in [0.25, 0.3) is 0 Å². The van der Waals surface area contributed by atoms with E-state index in [2.05, 4.69) is 61.5 Å². The molecule has 0 atom stereocenters. The summed E-state index contributed by atoms with van der Waals surface area (Å²) in [5.41, 5.74) is 5.43. The van der Waals surface area contributed by atoms with Crippen molar-refractivity contribution >= 4 is 0 Å². The second kappa shape index (κ2) is 3.87. The maximum atomic E-state index is 4.77. The monoisotopic (exact) mass is 219 g/mol. The molecule has 1 aromatic heterocycles. The van der Waals surface area contributed by atoms with Gasteiger partial charge in [-0.05, 0) is 36.5 Å². The number of aryl methyl sites for hydroxylation is 2. The summed E-state index contributed by atoms with van der Waals surface area (Å²) >= 11 is 0. The van der Waals surface area contributed by atoms with Crippen molar-refractivity contribution in [1.29, 1.82) is 0 Å². The molecule has 1 rings (SSSR count). The molecule has 0 unspecified atom stereocenters. The third-order valence-corrected chi connectivity index (χ3v) is 2.92. The summed E-state index contributed by atoms with van der Waals surface area (Å²) in [5.74, 6) is 0. The lowest BCUT2D eigenvalue weighted by Gasteiger charge is -2.27. The molecule has 0 saturated carbocycles. The average Bonchev–Trinajstić information content (AvgIpc) is 1.97. The first kappa shape index (κ1) is 13.2. The Balaban J connectivity index is 3.41. The molecule has 0 spiro atoms. The van der Waals surface area contributed by atoms with Crippen molar-refractivity contribution in [3.8, 4) is 0 Å². The predicted molar refractivity (Wildman–Crippen MR) is 71.1 cm³/mol. The van der Waals surface area contributed by atoms with Gasteiger partial charge in [-0.2, -0.15) is 0 Å². The van der Waals surface area contributed by atoms with Crippen LogP contribution in [-0.4, -0.2) is 4.98 Å². The second-order valence-corrected chi connectivity index (χ2v) is 6.78. The quantitative estimate of drug-likeness (QED) is 0.634. The third-order valence-electron chi connectivity index (χ3n) is 2.92. The van der Waals surface area contributed by atoms with E-state index in [0.717, 1.165) is 0 Å². The number of rotatable bonds is 0. The van der Waals surface area contributed by atoms with Gasteiger partial charge in [-0.1, -0.05) is 41.5 Å². The molecule has 0 aliphatic rings. The zero-order chi connectivity index (χ0) is 12.7. The number of nitrogens with zero attached hydrogens (tertiary/aromatic N) is 1. The van der Waals surface area contributed by atoms with E-state index in [9.17, 15) is 0 Å². The first-order valence-corrected chi connectivity index (χ1v) is 6.02. The van der Waals surface area contributed by atoms with Crippen molar-refractivity contribution in [3.05, 3.63) is 28.6 Å². The summed E-state index contributed by atoms with van der Waals surface area (Å²) < 4.78 is 0. The van der Waals surface area contributed by atoms with Crippen LogP contribution in [0.5, 0.6) is 0 Å². The van der Waals surface area contributed by atoms with Crippen molar-refractivity contribution in [2.45, 2.75) is 66.2 Å². The van der Waals surface area contributed by atoms with E-state index in [0.29, 0.717) is 0 Å². The molecule has 0 fully saturated rings. The molecule has 0 aromatic carbocycles. The molecule has 0 N–H and O–H groups in total. The lowest BCUT2D eigenvalue weighted by atomic mass is 9.81. The first-order valence-electron chi connectivity index (χ1n) is 6.02. The van der Waals surface area contributed by atoms with Crippen LogP contribution in [-0.2, 0) is 10.8 Å². The summed E-state index contributed by atoms with van der Waals surface area (Å²) in [6, 6.07) is 2.24. The zero-order valence-electron chi connectivity index (χ0n) is 12.0. The number of aromatic nitrogens is 1. The highest BCUT2D eigenvalue weighted by Gasteiger charge is 2.23. The number of pyridine rings is 1. The molecule has 0 amide bonds. The van der Waals surface area contributed by atoms with Crippen LogP contribution in [0.1, 0.15) is 64.1 Å². The highest BCUT2D eigenvalue weighted by atomic mass is 14.7. The van der Waals surface area contributed by atoms with Crippen molar-refractivity contribution in [2.75, 3.05) is 0 Å². The summed E-state index contributed by atoms with van der Waals surface area (Å²) in [6.07, 6.45) is 0. The van der Waals surface area contributed by atoms with E-state index in [1.165, 1.54) is 22.5 Å². The summed E-state index contributed by atoms with van der Waals surface area (Å²) in [6.45, 7) is 17.7. The molecule has 0 aliphatic carbocycles. The Bertz CT molecular complexity index is 366. The highest BCUT2D eigenvalue weighted by molar-refractivity contribution is 5.37. The molecular formula is C15H25N. The molecule has 1 heterocycles. The van der Waals surface area contributed by atoms with Gasteiger partial charge in [0, 0.05) is 16.8 Å². The van der Waals surface area contributed by atoms with Gasteiger partial charge in [0.15, 0.2) is 0 Å². The number of hydrogen-bond donors (Lipinski definition) is 0. The molecule has 1 heteroatoms. The fourth-order valence-electron chi connectivity index (χ4n) is 2.35. The zero-order valence-corrected chi connectivity index (χ0v) is 12.0. The van der Waals surface area contributed by atoms with E-state index in [1.807, 2.05) is 0 Å². The lowest BCUT2D eigenvalue weighted by Crippen LogP contribution is -2.20. The Morgan fingerprint density at radius 1 is 0.875 bits per heavy atom. The van der Waals surface area contributed by atoms with Gasteiger partial charge in [-0.15, -0.1) is 0 Å². The Morgan fingerprint density at radius 2 is 1.38 bits per heavy atom. The van der Waals surface area contributed by atoms with Crippen LogP contribution in [0.15, 0.2) is 6.07 Å². The van der Waals surface area contributed by atoms with Crippen molar-refractivity contribution < 1.29 is 0 Å². The van der Waals surface area contributed by atoms with Crippen molar-refractivity contribution in [1.82, 2.24) is 4.98 Å². The van der Waals surface area contributed by atoms with E-state index >= 15 is 0 Å². The standard InChI is InChI=1S/C15H25N/c1-10-9-12(14(3,4)5)16-11(2)13(10)15(6,7)8/h9H,1-8H3. The molecule has 16 heavy (non-hydrogen) atoms. The largest absolute Gasteiger partial charge is 0.257 e. The van der Waals surface area contributed by atoms with E-state index in [1.54, 1.807) is 0 Å². The first-order chi connectivity index (χ1) is 7.03. The van der Waals surface area contributed by atoms with Crippen LogP contribution in [0.4, 0.5) is 0 Å². The van der Waals surface area contributed by atoms with Gasteiger partial charge < -0.3 is 0 Å². The van der Waals surface area contributed by atoms with E-state index in [-0.39, 0.29) is 10.8 Å². The topological polar surface area (TPSA) is 12.9 Å². The molecule has 1 aromatic rings. The van der Waals surface area contributed by atoms with E-state index < -0.39 is 0 Å². The smallest absolute Gasteiger partial charge is 0.0463 e. The third kappa shape index (κ3) is 2.63. The van der Waals surface area contributed by atoms with Gasteiger partial charge in [0.25, 0.3) is 0 Å². The lowest BCUT2D eigenvalue weighted by molar-refractivity contribution is 0.548. The van der Waals surface area contributed by atoms with Gasteiger partial charge in [0.2, 0.25) is 0 Å². The number of hydrogen-bond acceptors (Lipinski definition) is 1. The Hall–Kier alpha value is -0.850. The van der Waals surface area contributed by atoms with Crippen LogP contribution in [0, 0.1) is 13.8 Å². The minimum Gasteiger partial charge on any atom is -0.257 e. The Labute approximate surface area is 100 Å². The molecule has 0 saturated heterocycles. The molecule has 0 aliphatic heterocycles. The second-order valence-electron chi connectivity index (χ2n) is 6.78. The van der Waals surface area contributed by atoms with Crippen LogP contribution in [0.3, 0.4) is 0 Å². The summed E-state index contributed by atoms with van der Waals surface area (Å²) in [5, 5.41) is 0. The predicted octanol–water partition coefficient (Wildman–Crippen LogP) is 4.29. The van der Waals surface area contributed by atoms with Crippen LogP contribution < -0.4 is 0 Å². The van der Waals surface area contributed by atoms with Gasteiger partial charge in [0.1, 0.15) is 0 Å². The minimum atomic E-state index is 0.131. The molecule has 90 valence electrons. The van der Waals surface area contributed by atoms with Crippen molar-refractivity contribution in [3.63, 3.8) is 0 Å². The summed E-state index contributed by atoms with van der Waals surface area (Å²) in [7, 11) is 0. The van der Waals surface area contributed by atoms with Crippen LogP contribution in [0.2, 0.25) is 0 Å². The van der Waals surface area contributed by atoms with Gasteiger partial charge in [-0.25, -0.2) is 0 Å². The fourth-order valence-corrected chi connectivity index (χ4v) is 2.35. The fraction of sp³-hybridized carbons (Fsp3) is 0.667. The molecule has 1 nitrogen and oxygen atoms in total.